The van der Waals surface area contributed by atoms with Crippen LogP contribution in [0.3, 0.4) is 0 Å². The van der Waals surface area contributed by atoms with Gasteiger partial charge in [0.1, 0.15) is 5.75 Å². The van der Waals surface area contributed by atoms with Gasteiger partial charge in [0.25, 0.3) is 0 Å². The number of likely N-dealkylation sites (tertiary alicyclic amines) is 1. The molecular formula is C15H24N2O. The van der Waals surface area contributed by atoms with E-state index in [0.717, 1.165) is 24.8 Å². The summed E-state index contributed by atoms with van der Waals surface area (Å²) in [4.78, 5) is 2.56. The number of piperidine rings is 1. The Morgan fingerprint density at radius 3 is 2.78 bits per heavy atom. The Balaban J connectivity index is 1.87. The third-order valence-corrected chi connectivity index (χ3v) is 3.66. The maximum Gasteiger partial charge on any atom is 0.118 e. The molecule has 100 valence electrons. The van der Waals surface area contributed by atoms with Gasteiger partial charge in [-0.15, -0.1) is 0 Å². The largest absolute Gasteiger partial charge is 0.497 e. The van der Waals surface area contributed by atoms with E-state index < -0.39 is 0 Å². The molecule has 0 aliphatic carbocycles. The third-order valence-electron chi connectivity index (χ3n) is 3.66. The van der Waals surface area contributed by atoms with E-state index >= 15 is 0 Å². The molecule has 0 radical (unpaired) electrons. The van der Waals surface area contributed by atoms with Gasteiger partial charge in [-0.25, -0.2) is 0 Å². The molecule has 0 amide bonds. The first-order valence-corrected chi connectivity index (χ1v) is 6.81. The molecule has 0 spiro atoms. The number of hydrogen-bond acceptors (Lipinski definition) is 3. The van der Waals surface area contributed by atoms with Gasteiger partial charge in [-0.2, -0.15) is 0 Å². The lowest BCUT2D eigenvalue weighted by atomic mass is 9.97. The Labute approximate surface area is 110 Å². The van der Waals surface area contributed by atoms with Crippen molar-refractivity contribution >= 4 is 0 Å². The molecule has 1 aromatic carbocycles. The van der Waals surface area contributed by atoms with E-state index in [2.05, 4.69) is 22.3 Å². The quantitative estimate of drug-likeness (QED) is 0.864. The highest BCUT2D eigenvalue weighted by molar-refractivity contribution is 5.27. The predicted molar refractivity (Wildman–Crippen MR) is 74.9 cm³/mol. The Bertz CT molecular complexity index is 348. The molecule has 1 aromatic rings. The van der Waals surface area contributed by atoms with Crippen molar-refractivity contribution < 1.29 is 4.74 Å². The van der Waals surface area contributed by atoms with Crippen LogP contribution in [0.2, 0.25) is 0 Å². The normalized spacial score (nSPS) is 20.9. The summed E-state index contributed by atoms with van der Waals surface area (Å²) in [6, 6.07) is 8.43. The second-order valence-corrected chi connectivity index (χ2v) is 5.15. The smallest absolute Gasteiger partial charge is 0.118 e. The number of methoxy groups -OCH3 is 1. The highest BCUT2D eigenvalue weighted by atomic mass is 16.5. The fourth-order valence-corrected chi connectivity index (χ4v) is 2.74. The fraction of sp³-hybridized carbons (Fsp3) is 0.600. The molecule has 0 bridgehead atoms. The molecule has 1 aliphatic heterocycles. The summed E-state index contributed by atoms with van der Waals surface area (Å²) in [6.07, 6.45) is 2.68. The SMILES string of the molecule is CNCC1CCCN(Cc2ccc(OC)cc2)C1. The van der Waals surface area contributed by atoms with Gasteiger partial charge >= 0.3 is 0 Å². The summed E-state index contributed by atoms with van der Waals surface area (Å²) in [7, 11) is 3.75. The van der Waals surface area contributed by atoms with Crippen molar-refractivity contribution in [1.29, 1.82) is 0 Å². The lowest BCUT2D eigenvalue weighted by Gasteiger charge is -2.32. The minimum absolute atomic E-state index is 0.807. The van der Waals surface area contributed by atoms with Gasteiger partial charge in [-0.05, 0) is 56.6 Å². The minimum Gasteiger partial charge on any atom is -0.497 e. The van der Waals surface area contributed by atoms with Crippen molar-refractivity contribution in [2.75, 3.05) is 33.8 Å². The number of hydrogen-bond donors (Lipinski definition) is 1. The topological polar surface area (TPSA) is 24.5 Å². The molecule has 2 rings (SSSR count). The second-order valence-electron chi connectivity index (χ2n) is 5.15. The van der Waals surface area contributed by atoms with E-state index in [-0.39, 0.29) is 0 Å². The van der Waals surface area contributed by atoms with Gasteiger partial charge in [-0.3, -0.25) is 4.90 Å². The van der Waals surface area contributed by atoms with E-state index in [4.69, 9.17) is 4.74 Å². The molecule has 0 saturated carbocycles. The molecule has 0 aromatic heterocycles. The molecular weight excluding hydrogens is 224 g/mol. The number of nitrogens with zero attached hydrogens (tertiary/aromatic N) is 1. The van der Waals surface area contributed by atoms with Crippen LogP contribution in [0.15, 0.2) is 24.3 Å². The molecule has 1 aliphatic rings. The average Bonchev–Trinajstić information content (AvgIpc) is 2.40. The van der Waals surface area contributed by atoms with Crippen molar-refractivity contribution in [2.45, 2.75) is 19.4 Å². The third kappa shape index (κ3) is 3.72. The van der Waals surface area contributed by atoms with Crippen LogP contribution in [-0.2, 0) is 6.54 Å². The van der Waals surface area contributed by atoms with Gasteiger partial charge in [0.15, 0.2) is 0 Å². The lowest BCUT2D eigenvalue weighted by molar-refractivity contribution is 0.167. The molecule has 1 fully saturated rings. The Kier molecular flexibility index (Phi) is 5.02. The Hall–Kier alpha value is -1.06. The van der Waals surface area contributed by atoms with Crippen molar-refractivity contribution in [3.8, 4) is 5.75 Å². The van der Waals surface area contributed by atoms with Crippen LogP contribution in [0.4, 0.5) is 0 Å². The highest BCUT2D eigenvalue weighted by Gasteiger charge is 2.19. The molecule has 1 saturated heterocycles. The van der Waals surface area contributed by atoms with Crippen molar-refractivity contribution in [2.24, 2.45) is 5.92 Å². The molecule has 3 heteroatoms. The molecule has 1 N–H and O–H groups in total. The zero-order valence-electron chi connectivity index (χ0n) is 11.5. The van der Waals surface area contributed by atoms with E-state index in [1.807, 2.05) is 19.2 Å². The van der Waals surface area contributed by atoms with Gasteiger partial charge < -0.3 is 10.1 Å². The van der Waals surface area contributed by atoms with Crippen LogP contribution >= 0.6 is 0 Å². The first kappa shape index (κ1) is 13.4. The highest BCUT2D eigenvalue weighted by Crippen LogP contribution is 2.19. The maximum absolute atomic E-state index is 5.19. The average molecular weight is 248 g/mol. The second kappa shape index (κ2) is 6.76. The summed E-state index contributed by atoms with van der Waals surface area (Å²) in [5.41, 5.74) is 1.38. The summed E-state index contributed by atoms with van der Waals surface area (Å²) in [6.45, 7) is 4.64. The lowest BCUT2D eigenvalue weighted by Crippen LogP contribution is -2.38. The molecule has 1 atom stereocenters. The first-order valence-electron chi connectivity index (χ1n) is 6.81. The molecule has 1 heterocycles. The van der Waals surface area contributed by atoms with Crippen molar-refractivity contribution in [3.05, 3.63) is 29.8 Å². The molecule has 18 heavy (non-hydrogen) atoms. The van der Waals surface area contributed by atoms with Crippen LogP contribution in [0, 0.1) is 5.92 Å². The molecule has 1 unspecified atom stereocenters. The van der Waals surface area contributed by atoms with Crippen molar-refractivity contribution in [3.63, 3.8) is 0 Å². The van der Waals surface area contributed by atoms with E-state index in [9.17, 15) is 0 Å². The van der Waals surface area contributed by atoms with Crippen molar-refractivity contribution in [1.82, 2.24) is 10.2 Å². The van der Waals surface area contributed by atoms with Crippen LogP contribution in [0.25, 0.3) is 0 Å². The minimum atomic E-state index is 0.807. The first-order chi connectivity index (χ1) is 8.81. The van der Waals surface area contributed by atoms with Crippen LogP contribution < -0.4 is 10.1 Å². The maximum atomic E-state index is 5.19. The van der Waals surface area contributed by atoms with Crippen LogP contribution in [0.5, 0.6) is 5.75 Å². The van der Waals surface area contributed by atoms with E-state index in [0.29, 0.717) is 0 Å². The fourth-order valence-electron chi connectivity index (χ4n) is 2.74. The number of nitrogens with one attached hydrogen (secondary N) is 1. The van der Waals surface area contributed by atoms with Gasteiger partial charge in [0.05, 0.1) is 7.11 Å². The summed E-state index contributed by atoms with van der Waals surface area (Å²) < 4.78 is 5.19. The van der Waals surface area contributed by atoms with Crippen LogP contribution in [-0.4, -0.2) is 38.7 Å². The number of benzene rings is 1. The van der Waals surface area contributed by atoms with Gasteiger partial charge in [0, 0.05) is 13.1 Å². The summed E-state index contributed by atoms with van der Waals surface area (Å²) in [5.74, 6) is 1.74. The molecule has 3 nitrogen and oxygen atoms in total. The number of rotatable bonds is 5. The number of ether oxygens (including phenoxy) is 1. The van der Waals surface area contributed by atoms with Gasteiger partial charge in [-0.1, -0.05) is 12.1 Å². The predicted octanol–water partition coefficient (Wildman–Crippen LogP) is 2.13. The van der Waals surface area contributed by atoms with E-state index in [1.165, 1.54) is 31.5 Å². The summed E-state index contributed by atoms with van der Waals surface area (Å²) in [5, 5.41) is 3.29. The zero-order valence-corrected chi connectivity index (χ0v) is 11.5. The summed E-state index contributed by atoms with van der Waals surface area (Å²) >= 11 is 0. The Morgan fingerprint density at radius 2 is 2.11 bits per heavy atom. The van der Waals surface area contributed by atoms with E-state index in [1.54, 1.807) is 7.11 Å². The van der Waals surface area contributed by atoms with Gasteiger partial charge in [0.2, 0.25) is 0 Å². The monoisotopic (exact) mass is 248 g/mol. The zero-order chi connectivity index (χ0) is 12.8. The van der Waals surface area contributed by atoms with Crippen LogP contribution in [0.1, 0.15) is 18.4 Å². The standard InChI is InChI=1S/C15H24N2O/c1-16-10-14-4-3-9-17(12-14)11-13-5-7-15(18-2)8-6-13/h5-8,14,16H,3-4,9-12H2,1-2H3. The Morgan fingerprint density at radius 1 is 1.33 bits per heavy atom.